The number of benzene rings is 1. The summed E-state index contributed by atoms with van der Waals surface area (Å²) in [6.07, 6.45) is 3.90. The summed E-state index contributed by atoms with van der Waals surface area (Å²) in [5.74, 6) is 0. The molecule has 0 aliphatic rings. The van der Waals surface area contributed by atoms with Crippen LogP contribution in [0.1, 0.15) is 5.56 Å². The summed E-state index contributed by atoms with van der Waals surface area (Å²) in [7, 11) is 1.97. The van der Waals surface area contributed by atoms with Crippen molar-refractivity contribution >= 4 is 11.4 Å². The maximum Gasteiger partial charge on any atom is 0.0606 e. The number of aliphatic hydroxyl groups is 1. The van der Waals surface area contributed by atoms with Crippen molar-refractivity contribution < 1.29 is 5.11 Å². The molecule has 0 aliphatic carbocycles. The fourth-order valence-electron chi connectivity index (χ4n) is 1.79. The second-order valence-corrected chi connectivity index (χ2v) is 4.26. The van der Waals surface area contributed by atoms with E-state index in [1.165, 1.54) is 5.56 Å². The van der Waals surface area contributed by atoms with Crippen molar-refractivity contribution in [1.82, 2.24) is 4.98 Å². The van der Waals surface area contributed by atoms with E-state index in [-0.39, 0.29) is 6.61 Å². The van der Waals surface area contributed by atoms with Gasteiger partial charge in [0.05, 0.1) is 6.61 Å². The van der Waals surface area contributed by atoms with E-state index < -0.39 is 0 Å². The molecule has 0 atom stereocenters. The van der Waals surface area contributed by atoms with Gasteiger partial charge in [-0.1, -0.05) is 0 Å². The Bertz CT molecular complexity index is 450. The van der Waals surface area contributed by atoms with Gasteiger partial charge in [0.1, 0.15) is 0 Å². The van der Waals surface area contributed by atoms with Gasteiger partial charge >= 0.3 is 0 Å². The number of anilines is 2. The van der Waals surface area contributed by atoms with E-state index in [0.717, 1.165) is 17.9 Å². The number of aromatic nitrogens is 1. The minimum atomic E-state index is 0.171. The van der Waals surface area contributed by atoms with Crippen LogP contribution in [0.15, 0.2) is 42.7 Å². The largest absolute Gasteiger partial charge is 0.395 e. The molecule has 1 aromatic carbocycles. The van der Waals surface area contributed by atoms with Crippen LogP contribution >= 0.6 is 0 Å². The molecule has 0 unspecified atom stereocenters. The van der Waals surface area contributed by atoms with Crippen LogP contribution in [0, 0.1) is 0 Å². The molecule has 0 fully saturated rings. The molecule has 3 N–H and O–H groups in total. The Kier molecular flexibility index (Phi) is 4.25. The van der Waals surface area contributed by atoms with Gasteiger partial charge in [0.15, 0.2) is 0 Å². The molecule has 0 saturated carbocycles. The Balaban J connectivity index is 1.91. The Morgan fingerprint density at radius 2 is 2.00 bits per heavy atom. The van der Waals surface area contributed by atoms with Crippen molar-refractivity contribution in [3.05, 3.63) is 48.3 Å². The van der Waals surface area contributed by atoms with Gasteiger partial charge in [-0.05, 0) is 35.9 Å². The molecule has 96 valence electrons. The number of H-pyrrole nitrogens is 1. The van der Waals surface area contributed by atoms with Crippen molar-refractivity contribution in [1.29, 1.82) is 0 Å². The molecule has 4 nitrogen and oxygen atoms in total. The van der Waals surface area contributed by atoms with Crippen molar-refractivity contribution in [2.45, 2.75) is 6.54 Å². The third-order valence-electron chi connectivity index (χ3n) is 2.90. The van der Waals surface area contributed by atoms with Gasteiger partial charge in [-0.2, -0.15) is 0 Å². The smallest absolute Gasteiger partial charge is 0.0606 e. The number of aliphatic hydroxyl groups excluding tert-OH is 1. The predicted octanol–water partition coefficient (Wildman–Crippen LogP) is 2.06. The highest BCUT2D eigenvalue weighted by Gasteiger charge is 2.00. The third-order valence-corrected chi connectivity index (χ3v) is 2.90. The number of hydrogen-bond acceptors (Lipinski definition) is 3. The van der Waals surface area contributed by atoms with Crippen molar-refractivity contribution in [3.63, 3.8) is 0 Å². The summed E-state index contributed by atoms with van der Waals surface area (Å²) in [4.78, 5) is 5.06. The number of aromatic amines is 1. The molecule has 0 radical (unpaired) electrons. The number of nitrogens with one attached hydrogen (secondary N) is 2. The number of nitrogens with zero attached hydrogens (tertiary/aromatic N) is 1. The van der Waals surface area contributed by atoms with Crippen LogP contribution in [0.3, 0.4) is 0 Å². The lowest BCUT2D eigenvalue weighted by molar-refractivity contribution is 0.304. The quantitative estimate of drug-likeness (QED) is 0.730. The van der Waals surface area contributed by atoms with Crippen molar-refractivity contribution in [2.75, 3.05) is 30.4 Å². The Hall–Kier alpha value is -1.94. The van der Waals surface area contributed by atoms with Gasteiger partial charge in [0, 0.05) is 43.9 Å². The molecule has 2 rings (SSSR count). The molecule has 2 aromatic rings. The van der Waals surface area contributed by atoms with Gasteiger partial charge in [-0.15, -0.1) is 0 Å². The standard InChI is InChI=1S/C14H19N3O/c1-17(8-9-18)14-4-2-13(3-5-14)16-11-12-6-7-15-10-12/h2-7,10,15-16,18H,8-9,11H2,1H3. The minimum absolute atomic E-state index is 0.171. The lowest BCUT2D eigenvalue weighted by atomic mass is 10.2. The van der Waals surface area contributed by atoms with Crippen LogP contribution in [0.4, 0.5) is 11.4 Å². The van der Waals surface area contributed by atoms with E-state index in [4.69, 9.17) is 5.11 Å². The highest BCUT2D eigenvalue weighted by atomic mass is 16.3. The highest BCUT2D eigenvalue weighted by Crippen LogP contribution is 2.17. The van der Waals surface area contributed by atoms with Crippen LogP contribution in [-0.2, 0) is 6.54 Å². The number of rotatable bonds is 6. The van der Waals surface area contributed by atoms with Crippen LogP contribution in [0.5, 0.6) is 0 Å². The van der Waals surface area contributed by atoms with E-state index in [0.29, 0.717) is 6.54 Å². The Morgan fingerprint density at radius 1 is 1.22 bits per heavy atom. The molecule has 0 spiro atoms. The topological polar surface area (TPSA) is 51.3 Å². The highest BCUT2D eigenvalue weighted by molar-refractivity contribution is 5.54. The van der Waals surface area contributed by atoms with E-state index in [9.17, 15) is 0 Å². The van der Waals surface area contributed by atoms with E-state index in [1.54, 1.807) is 0 Å². The zero-order valence-corrected chi connectivity index (χ0v) is 10.6. The first-order valence-electron chi connectivity index (χ1n) is 6.07. The molecular formula is C14H19N3O. The zero-order chi connectivity index (χ0) is 12.8. The average molecular weight is 245 g/mol. The first kappa shape index (κ1) is 12.5. The van der Waals surface area contributed by atoms with Crippen molar-refractivity contribution in [3.8, 4) is 0 Å². The molecule has 0 saturated heterocycles. The summed E-state index contributed by atoms with van der Waals surface area (Å²) in [5, 5.41) is 12.2. The SMILES string of the molecule is CN(CCO)c1ccc(NCc2cc[nH]c2)cc1. The fraction of sp³-hybridized carbons (Fsp3) is 0.286. The van der Waals surface area contributed by atoms with Gasteiger partial charge in [-0.3, -0.25) is 0 Å². The first-order chi connectivity index (χ1) is 8.79. The van der Waals surface area contributed by atoms with Gasteiger partial charge < -0.3 is 20.3 Å². The lowest BCUT2D eigenvalue weighted by Crippen LogP contribution is -2.20. The minimum Gasteiger partial charge on any atom is -0.395 e. The normalized spacial score (nSPS) is 10.3. The van der Waals surface area contributed by atoms with E-state index in [2.05, 4.69) is 40.6 Å². The molecule has 4 heteroatoms. The van der Waals surface area contributed by atoms with Crippen molar-refractivity contribution in [2.24, 2.45) is 0 Å². The first-order valence-corrected chi connectivity index (χ1v) is 6.07. The number of hydrogen-bond donors (Lipinski definition) is 3. The summed E-state index contributed by atoms with van der Waals surface area (Å²) in [5.41, 5.74) is 3.44. The Labute approximate surface area is 107 Å². The molecular weight excluding hydrogens is 226 g/mol. The Morgan fingerprint density at radius 3 is 2.61 bits per heavy atom. The lowest BCUT2D eigenvalue weighted by Gasteiger charge is -2.18. The second-order valence-electron chi connectivity index (χ2n) is 4.26. The maximum absolute atomic E-state index is 8.89. The molecule has 0 amide bonds. The average Bonchev–Trinajstić information content (AvgIpc) is 2.90. The zero-order valence-electron chi connectivity index (χ0n) is 10.6. The summed E-state index contributed by atoms with van der Waals surface area (Å²) < 4.78 is 0. The van der Waals surface area contributed by atoms with Crippen LogP contribution < -0.4 is 10.2 Å². The summed E-state index contributed by atoms with van der Waals surface area (Å²) in [6.45, 7) is 1.63. The summed E-state index contributed by atoms with van der Waals surface area (Å²) >= 11 is 0. The summed E-state index contributed by atoms with van der Waals surface area (Å²) in [6, 6.07) is 10.3. The third kappa shape index (κ3) is 3.28. The predicted molar refractivity (Wildman–Crippen MR) is 74.9 cm³/mol. The molecule has 0 bridgehead atoms. The number of likely N-dealkylation sites (N-methyl/N-ethyl adjacent to an activating group) is 1. The maximum atomic E-state index is 8.89. The van der Waals surface area contributed by atoms with Gasteiger partial charge in [0.25, 0.3) is 0 Å². The van der Waals surface area contributed by atoms with Crippen LogP contribution in [0.2, 0.25) is 0 Å². The second kappa shape index (κ2) is 6.12. The van der Waals surface area contributed by atoms with Crippen LogP contribution in [-0.4, -0.2) is 30.3 Å². The van der Waals surface area contributed by atoms with Gasteiger partial charge in [0.2, 0.25) is 0 Å². The fourth-order valence-corrected chi connectivity index (χ4v) is 1.79. The molecule has 1 aromatic heterocycles. The van der Waals surface area contributed by atoms with Gasteiger partial charge in [-0.25, -0.2) is 0 Å². The molecule has 0 aliphatic heterocycles. The monoisotopic (exact) mass is 245 g/mol. The van der Waals surface area contributed by atoms with Crippen LogP contribution in [0.25, 0.3) is 0 Å². The molecule has 1 heterocycles. The van der Waals surface area contributed by atoms with E-state index in [1.807, 2.05) is 24.3 Å². The molecule has 18 heavy (non-hydrogen) atoms. The van der Waals surface area contributed by atoms with E-state index >= 15 is 0 Å².